The molecule has 1 amide bonds. The molecule has 4 rings (SSSR count). The van der Waals surface area contributed by atoms with Crippen molar-refractivity contribution < 1.29 is 14.6 Å². The van der Waals surface area contributed by atoms with E-state index in [9.17, 15) is 4.79 Å². The van der Waals surface area contributed by atoms with E-state index in [2.05, 4.69) is 26.5 Å². The molecule has 1 aromatic heterocycles. The first kappa shape index (κ1) is 20.7. The lowest BCUT2D eigenvalue weighted by atomic mass is 9.92. The lowest BCUT2D eigenvalue weighted by Gasteiger charge is -2.30. The molecule has 3 aliphatic rings. The zero-order chi connectivity index (χ0) is 21.1. The third kappa shape index (κ3) is 4.44. The van der Waals surface area contributed by atoms with Gasteiger partial charge in [0.1, 0.15) is 0 Å². The monoisotopic (exact) mass is 411 g/mol. The molecule has 0 radical (unpaired) electrons. The summed E-state index contributed by atoms with van der Waals surface area (Å²) in [5.41, 5.74) is 2.56. The summed E-state index contributed by atoms with van der Waals surface area (Å²) < 4.78 is 5.78. The molecule has 2 heterocycles. The highest BCUT2D eigenvalue weighted by atomic mass is 16.5. The van der Waals surface area contributed by atoms with Gasteiger partial charge in [0.05, 0.1) is 30.1 Å². The first-order valence-corrected chi connectivity index (χ1v) is 10.7. The van der Waals surface area contributed by atoms with Gasteiger partial charge in [0, 0.05) is 30.1 Å². The van der Waals surface area contributed by atoms with Gasteiger partial charge in [0.15, 0.2) is 0 Å². The van der Waals surface area contributed by atoms with Gasteiger partial charge in [-0.15, -0.1) is 0 Å². The van der Waals surface area contributed by atoms with Gasteiger partial charge < -0.3 is 15.2 Å². The number of rotatable bonds is 6. The number of hydrogen-bond donors (Lipinski definition) is 2. The maximum atomic E-state index is 12.6. The van der Waals surface area contributed by atoms with Gasteiger partial charge in [-0.25, -0.2) is 15.0 Å². The number of nitrogens with zero attached hydrogens (tertiary/aromatic N) is 4. The van der Waals surface area contributed by atoms with E-state index in [-0.39, 0.29) is 36.7 Å². The number of anilines is 1. The molecular formula is C22H29N5O3. The van der Waals surface area contributed by atoms with E-state index in [0.717, 1.165) is 43.5 Å². The van der Waals surface area contributed by atoms with Crippen LogP contribution in [-0.2, 0) is 4.74 Å². The third-order valence-electron chi connectivity index (χ3n) is 5.92. The Balaban J connectivity index is 1.33. The number of hydrazone groups is 1. The topological polar surface area (TPSA) is 99.9 Å². The average molecular weight is 412 g/mol. The SMILES string of the molecule is CC1=NN(c2ncc(C(=O)NC3CCC(O[C@@H](C)CO)CC3)cn2)C2=CC=CCC21. The second kappa shape index (κ2) is 9.06. The smallest absolute Gasteiger partial charge is 0.254 e. The third-order valence-corrected chi connectivity index (χ3v) is 5.92. The van der Waals surface area contributed by atoms with Crippen LogP contribution in [0.25, 0.3) is 0 Å². The van der Waals surface area contributed by atoms with Crippen LogP contribution in [0.2, 0.25) is 0 Å². The normalized spacial score (nSPS) is 26.6. The van der Waals surface area contributed by atoms with Crippen molar-refractivity contribution in [3.05, 3.63) is 41.9 Å². The Morgan fingerprint density at radius 2 is 2.03 bits per heavy atom. The van der Waals surface area contributed by atoms with Gasteiger partial charge in [0.2, 0.25) is 0 Å². The van der Waals surface area contributed by atoms with E-state index in [1.165, 1.54) is 0 Å². The van der Waals surface area contributed by atoms with E-state index in [0.29, 0.717) is 11.5 Å². The summed E-state index contributed by atoms with van der Waals surface area (Å²) in [6.07, 6.45) is 13.7. The minimum Gasteiger partial charge on any atom is -0.394 e. The number of carbonyl (C=O) groups excluding carboxylic acids is 1. The summed E-state index contributed by atoms with van der Waals surface area (Å²) >= 11 is 0. The molecule has 8 heteroatoms. The van der Waals surface area contributed by atoms with Crippen LogP contribution in [0.5, 0.6) is 0 Å². The highest BCUT2D eigenvalue weighted by Gasteiger charge is 2.32. The van der Waals surface area contributed by atoms with Crippen molar-refractivity contribution >= 4 is 17.6 Å². The van der Waals surface area contributed by atoms with Crippen LogP contribution in [0.4, 0.5) is 5.95 Å². The lowest BCUT2D eigenvalue weighted by Crippen LogP contribution is -2.40. The Morgan fingerprint density at radius 1 is 1.30 bits per heavy atom. The van der Waals surface area contributed by atoms with Gasteiger partial charge in [0.25, 0.3) is 11.9 Å². The number of ether oxygens (including phenoxy) is 1. The molecule has 0 spiro atoms. The Morgan fingerprint density at radius 3 is 2.73 bits per heavy atom. The molecule has 2 atom stereocenters. The number of hydrogen-bond acceptors (Lipinski definition) is 7. The molecule has 1 aliphatic heterocycles. The molecule has 0 saturated heterocycles. The van der Waals surface area contributed by atoms with Crippen molar-refractivity contribution in [2.45, 2.75) is 64.2 Å². The first-order chi connectivity index (χ1) is 14.5. The molecular weight excluding hydrogens is 382 g/mol. The fourth-order valence-electron chi connectivity index (χ4n) is 4.20. The Kier molecular flexibility index (Phi) is 6.24. The summed E-state index contributed by atoms with van der Waals surface area (Å²) in [5.74, 6) is 0.597. The van der Waals surface area contributed by atoms with Gasteiger partial charge >= 0.3 is 0 Å². The zero-order valence-electron chi connectivity index (χ0n) is 17.5. The van der Waals surface area contributed by atoms with Crippen molar-refractivity contribution in [1.29, 1.82) is 0 Å². The minimum absolute atomic E-state index is 0.0314. The lowest BCUT2D eigenvalue weighted by molar-refractivity contribution is -0.0465. The first-order valence-electron chi connectivity index (χ1n) is 10.7. The fourth-order valence-corrected chi connectivity index (χ4v) is 4.20. The molecule has 8 nitrogen and oxygen atoms in total. The molecule has 2 aliphatic carbocycles. The van der Waals surface area contributed by atoms with Crippen molar-refractivity contribution in [3.63, 3.8) is 0 Å². The van der Waals surface area contributed by atoms with E-state index in [4.69, 9.17) is 9.84 Å². The maximum absolute atomic E-state index is 12.6. The fraction of sp³-hybridized carbons (Fsp3) is 0.545. The maximum Gasteiger partial charge on any atom is 0.254 e. The molecule has 0 aromatic carbocycles. The van der Waals surface area contributed by atoms with E-state index < -0.39 is 0 Å². The number of aromatic nitrogens is 2. The average Bonchev–Trinajstić information content (AvgIpc) is 3.12. The van der Waals surface area contributed by atoms with Crippen LogP contribution in [0, 0.1) is 5.92 Å². The molecule has 1 aromatic rings. The predicted octanol–water partition coefficient (Wildman–Crippen LogP) is 2.57. The van der Waals surface area contributed by atoms with E-state index >= 15 is 0 Å². The van der Waals surface area contributed by atoms with Crippen molar-refractivity contribution in [2.75, 3.05) is 11.6 Å². The Labute approximate surface area is 176 Å². The highest BCUT2D eigenvalue weighted by molar-refractivity contribution is 5.94. The number of fused-ring (bicyclic) bond motifs is 1. The van der Waals surface area contributed by atoms with Crippen LogP contribution in [0.15, 0.2) is 41.4 Å². The van der Waals surface area contributed by atoms with Gasteiger partial charge in [-0.1, -0.05) is 12.2 Å². The molecule has 160 valence electrons. The number of amides is 1. The molecule has 30 heavy (non-hydrogen) atoms. The van der Waals surface area contributed by atoms with Crippen LogP contribution in [0.3, 0.4) is 0 Å². The van der Waals surface area contributed by atoms with Crippen molar-refractivity contribution in [3.8, 4) is 0 Å². The summed E-state index contributed by atoms with van der Waals surface area (Å²) in [4.78, 5) is 21.4. The number of carbonyl (C=O) groups is 1. The summed E-state index contributed by atoms with van der Waals surface area (Å²) in [7, 11) is 0. The second-order valence-corrected chi connectivity index (χ2v) is 8.21. The second-order valence-electron chi connectivity index (χ2n) is 8.21. The number of allylic oxidation sites excluding steroid dienone is 4. The zero-order valence-corrected chi connectivity index (χ0v) is 17.5. The molecule has 1 fully saturated rings. The van der Waals surface area contributed by atoms with E-state index in [1.54, 1.807) is 17.4 Å². The Bertz CT molecular complexity index is 856. The van der Waals surface area contributed by atoms with E-state index in [1.807, 2.05) is 26.0 Å². The van der Waals surface area contributed by atoms with Gasteiger partial charge in [-0.2, -0.15) is 5.10 Å². The number of aliphatic hydroxyl groups excluding tert-OH is 1. The summed E-state index contributed by atoms with van der Waals surface area (Å²) in [6.45, 7) is 3.92. The number of aliphatic hydroxyl groups is 1. The highest BCUT2D eigenvalue weighted by Crippen LogP contribution is 2.33. The summed E-state index contributed by atoms with van der Waals surface area (Å²) in [5, 5.41) is 18.5. The molecule has 2 N–H and O–H groups in total. The predicted molar refractivity (Wildman–Crippen MR) is 114 cm³/mol. The van der Waals surface area contributed by atoms with Crippen LogP contribution < -0.4 is 10.3 Å². The largest absolute Gasteiger partial charge is 0.394 e. The van der Waals surface area contributed by atoms with Crippen LogP contribution in [0.1, 0.15) is 56.3 Å². The number of nitrogens with one attached hydrogen (secondary N) is 1. The van der Waals surface area contributed by atoms with Gasteiger partial charge in [-0.05, 0) is 52.0 Å². The Hall–Kier alpha value is -2.58. The quantitative estimate of drug-likeness (QED) is 0.746. The summed E-state index contributed by atoms with van der Waals surface area (Å²) in [6, 6.07) is 0.118. The van der Waals surface area contributed by atoms with Gasteiger partial charge in [-0.3, -0.25) is 4.79 Å². The molecule has 0 bridgehead atoms. The van der Waals surface area contributed by atoms with Crippen molar-refractivity contribution in [1.82, 2.24) is 15.3 Å². The van der Waals surface area contributed by atoms with Crippen LogP contribution in [-0.4, -0.2) is 51.6 Å². The standard InChI is InChI=1S/C22H29N5O3/c1-14(13-28)30-18-9-7-17(8-10-18)25-21(29)16-11-23-22(24-12-16)27-20-6-4-3-5-19(20)15(2)26-27/h3-4,6,11-12,14,17-19,28H,5,7-10,13H2,1-2H3,(H,25,29)/t14-,17?,18?,19?/m0/s1. The minimum atomic E-state index is -0.159. The van der Waals surface area contributed by atoms with Crippen LogP contribution >= 0.6 is 0 Å². The molecule has 1 unspecified atom stereocenters. The van der Waals surface area contributed by atoms with Crippen molar-refractivity contribution in [2.24, 2.45) is 11.0 Å². The molecule has 1 saturated carbocycles.